The average molecular weight is 350 g/mol. The van der Waals surface area contributed by atoms with Gasteiger partial charge in [-0.05, 0) is 49.4 Å². The predicted molar refractivity (Wildman–Crippen MR) is 89.2 cm³/mol. The van der Waals surface area contributed by atoms with Crippen LogP contribution in [-0.4, -0.2) is 21.3 Å². The first-order chi connectivity index (χ1) is 10.2. The molecule has 0 heterocycles. The SMILES string of the molecule is CNC(Cc1ccc(Br)cc1)c1cc(OC)ccc1OC. The Morgan fingerprint density at radius 3 is 2.33 bits per heavy atom. The van der Waals surface area contributed by atoms with E-state index in [4.69, 9.17) is 9.47 Å². The van der Waals surface area contributed by atoms with E-state index in [2.05, 4.69) is 45.5 Å². The van der Waals surface area contributed by atoms with Crippen LogP contribution in [0.1, 0.15) is 17.2 Å². The quantitative estimate of drug-likeness (QED) is 0.855. The minimum atomic E-state index is 0.163. The fourth-order valence-electron chi connectivity index (χ4n) is 2.34. The summed E-state index contributed by atoms with van der Waals surface area (Å²) in [6, 6.07) is 14.4. The Kier molecular flexibility index (Phi) is 5.65. The minimum absolute atomic E-state index is 0.163. The number of benzene rings is 2. The molecule has 0 aliphatic carbocycles. The van der Waals surface area contributed by atoms with Crippen LogP contribution >= 0.6 is 15.9 Å². The van der Waals surface area contributed by atoms with E-state index in [9.17, 15) is 0 Å². The number of rotatable bonds is 6. The van der Waals surface area contributed by atoms with E-state index >= 15 is 0 Å². The highest BCUT2D eigenvalue weighted by Gasteiger charge is 2.16. The zero-order chi connectivity index (χ0) is 15.2. The van der Waals surface area contributed by atoms with Crippen LogP contribution in [0.25, 0.3) is 0 Å². The van der Waals surface area contributed by atoms with E-state index in [0.717, 1.165) is 28.0 Å². The highest BCUT2D eigenvalue weighted by molar-refractivity contribution is 9.10. The maximum absolute atomic E-state index is 5.48. The lowest BCUT2D eigenvalue weighted by molar-refractivity contribution is 0.391. The Morgan fingerprint density at radius 1 is 1.05 bits per heavy atom. The number of ether oxygens (including phenoxy) is 2. The van der Waals surface area contributed by atoms with Crippen molar-refractivity contribution in [2.45, 2.75) is 12.5 Å². The van der Waals surface area contributed by atoms with Gasteiger partial charge in [-0.1, -0.05) is 28.1 Å². The lowest BCUT2D eigenvalue weighted by atomic mass is 9.98. The lowest BCUT2D eigenvalue weighted by Gasteiger charge is -2.20. The molecule has 2 aromatic carbocycles. The van der Waals surface area contributed by atoms with E-state index in [1.807, 2.05) is 25.2 Å². The second-order valence-electron chi connectivity index (χ2n) is 4.78. The summed E-state index contributed by atoms with van der Waals surface area (Å²) in [4.78, 5) is 0. The van der Waals surface area contributed by atoms with E-state index in [0.29, 0.717) is 0 Å². The van der Waals surface area contributed by atoms with Gasteiger partial charge in [0.25, 0.3) is 0 Å². The standard InChI is InChI=1S/C17H20BrNO2/c1-19-16(10-12-4-6-13(18)7-5-12)15-11-14(20-2)8-9-17(15)21-3/h4-9,11,16,19H,10H2,1-3H3. The van der Waals surface area contributed by atoms with Crippen LogP contribution in [0.2, 0.25) is 0 Å². The van der Waals surface area contributed by atoms with Gasteiger partial charge < -0.3 is 14.8 Å². The van der Waals surface area contributed by atoms with Gasteiger partial charge in [0.15, 0.2) is 0 Å². The molecule has 0 aliphatic heterocycles. The van der Waals surface area contributed by atoms with Crippen LogP contribution in [-0.2, 0) is 6.42 Å². The van der Waals surface area contributed by atoms with Crippen molar-refractivity contribution >= 4 is 15.9 Å². The maximum Gasteiger partial charge on any atom is 0.123 e. The maximum atomic E-state index is 5.48. The first kappa shape index (κ1) is 15.9. The van der Waals surface area contributed by atoms with Gasteiger partial charge in [-0.2, -0.15) is 0 Å². The fourth-order valence-corrected chi connectivity index (χ4v) is 2.60. The highest BCUT2D eigenvalue weighted by atomic mass is 79.9. The summed E-state index contributed by atoms with van der Waals surface area (Å²) in [7, 11) is 5.33. The van der Waals surface area contributed by atoms with E-state index < -0.39 is 0 Å². The van der Waals surface area contributed by atoms with E-state index in [1.54, 1.807) is 14.2 Å². The second kappa shape index (κ2) is 7.48. The lowest BCUT2D eigenvalue weighted by Crippen LogP contribution is -2.19. The molecule has 4 heteroatoms. The summed E-state index contributed by atoms with van der Waals surface area (Å²) in [5.74, 6) is 1.70. The first-order valence-corrected chi connectivity index (χ1v) is 7.61. The van der Waals surface area contributed by atoms with E-state index in [-0.39, 0.29) is 6.04 Å². The Labute approximate surface area is 134 Å². The number of halogens is 1. The number of likely N-dealkylation sites (N-methyl/N-ethyl adjacent to an activating group) is 1. The fraction of sp³-hybridized carbons (Fsp3) is 0.294. The Balaban J connectivity index is 2.29. The summed E-state index contributed by atoms with van der Waals surface area (Å²) in [5.41, 5.74) is 2.37. The summed E-state index contributed by atoms with van der Waals surface area (Å²) in [5, 5.41) is 3.36. The van der Waals surface area contributed by atoms with Crippen LogP contribution in [0.15, 0.2) is 46.9 Å². The van der Waals surface area contributed by atoms with Crippen LogP contribution in [0, 0.1) is 0 Å². The molecule has 0 bridgehead atoms. The molecule has 0 fully saturated rings. The molecule has 1 N–H and O–H groups in total. The Bertz CT molecular complexity index is 584. The number of hydrogen-bond donors (Lipinski definition) is 1. The molecule has 3 nitrogen and oxygen atoms in total. The molecule has 0 saturated carbocycles. The minimum Gasteiger partial charge on any atom is -0.497 e. The molecule has 1 atom stereocenters. The van der Waals surface area contributed by atoms with Crippen molar-refractivity contribution in [3.63, 3.8) is 0 Å². The molecule has 0 radical (unpaired) electrons. The molecule has 1 unspecified atom stereocenters. The van der Waals surface area contributed by atoms with Gasteiger partial charge in [0, 0.05) is 16.1 Å². The van der Waals surface area contributed by atoms with Gasteiger partial charge in [-0.3, -0.25) is 0 Å². The molecular weight excluding hydrogens is 330 g/mol. The van der Waals surface area contributed by atoms with Gasteiger partial charge in [-0.25, -0.2) is 0 Å². The molecule has 21 heavy (non-hydrogen) atoms. The molecule has 0 saturated heterocycles. The largest absolute Gasteiger partial charge is 0.497 e. The zero-order valence-electron chi connectivity index (χ0n) is 12.5. The molecule has 2 rings (SSSR count). The Morgan fingerprint density at radius 2 is 1.76 bits per heavy atom. The second-order valence-corrected chi connectivity index (χ2v) is 5.70. The number of methoxy groups -OCH3 is 2. The molecule has 2 aromatic rings. The third-order valence-electron chi connectivity index (χ3n) is 3.51. The molecule has 0 spiro atoms. The van der Waals surface area contributed by atoms with Crippen molar-refractivity contribution in [3.05, 3.63) is 58.1 Å². The van der Waals surface area contributed by atoms with Gasteiger partial charge in [-0.15, -0.1) is 0 Å². The smallest absolute Gasteiger partial charge is 0.123 e. The Hall–Kier alpha value is -1.52. The third kappa shape index (κ3) is 3.99. The van der Waals surface area contributed by atoms with Crippen molar-refractivity contribution in [1.29, 1.82) is 0 Å². The zero-order valence-corrected chi connectivity index (χ0v) is 14.1. The van der Waals surface area contributed by atoms with Gasteiger partial charge in [0.2, 0.25) is 0 Å². The normalized spacial score (nSPS) is 12.0. The first-order valence-electron chi connectivity index (χ1n) is 6.81. The van der Waals surface area contributed by atoms with Crippen molar-refractivity contribution in [1.82, 2.24) is 5.32 Å². The molecule has 0 aliphatic rings. The monoisotopic (exact) mass is 349 g/mol. The van der Waals surface area contributed by atoms with Gasteiger partial charge in [0.1, 0.15) is 11.5 Å². The van der Waals surface area contributed by atoms with Gasteiger partial charge >= 0.3 is 0 Å². The van der Waals surface area contributed by atoms with Crippen LogP contribution in [0.3, 0.4) is 0 Å². The molecule has 0 aromatic heterocycles. The highest BCUT2D eigenvalue weighted by Crippen LogP contribution is 2.31. The summed E-state index contributed by atoms with van der Waals surface area (Å²) < 4.78 is 11.9. The van der Waals surface area contributed by atoms with Crippen molar-refractivity contribution < 1.29 is 9.47 Å². The summed E-state index contributed by atoms with van der Waals surface area (Å²) in [6.07, 6.45) is 0.882. The van der Waals surface area contributed by atoms with Crippen molar-refractivity contribution in [2.24, 2.45) is 0 Å². The predicted octanol–water partition coefficient (Wildman–Crippen LogP) is 3.97. The van der Waals surface area contributed by atoms with Gasteiger partial charge in [0.05, 0.1) is 14.2 Å². The molecule has 0 amide bonds. The summed E-state index contributed by atoms with van der Waals surface area (Å²) in [6.45, 7) is 0. The third-order valence-corrected chi connectivity index (χ3v) is 4.04. The topological polar surface area (TPSA) is 30.5 Å². The van der Waals surface area contributed by atoms with Crippen LogP contribution in [0.5, 0.6) is 11.5 Å². The number of nitrogens with one attached hydrogen (secondary N) is 1. The molecule has 112 valence electrons. The van der Waals surface area contributed by atoms with Crippen molar-refractivity contribution in [2.75, 3.05) is 21.3 Å². The summed E-state index contributed by atoms with van der Waals surface area (Å²) >= 11 is 3.46. The van der Waals surface area contributed by atoms with E-state index in [1.165, 1.54) is 5.56 Å². The van der Waals surface area contributed by atoms with Crippen LogP contribution in [0.4, 0.5) is 0 Å². The average Bonchev–Trinajstić information content (AvgIpc) is 2.53. The van der Waals surface area contributed by atoms with Crippen LogP contribution < -0.4 is 14.8 Å². The number of hydrogen-bond acceptors (Lipinski definition) is 3. The van der Waals surface area contributed by atoms with Crippen molar-refractivity contribution in [3.8, 4) is 11.5 Å². The molecular formula is C17H20BrNO2.